The van der Waals surface area contributed by atoms with Gasteiger partial charge in [0.05, 0.1) is 0 Å². The molecule has 0 aromatic heterocycles. The second-order valence-corrected chi connectivity index (χ2v) is 2.91. The van der Waals surface area contributed by atoms with Crippen LogP contribution in [0, 0.1) is 0 Å². The number of benzene rings is 1. The van der Waals surface area contributed by atoms with E-state index < -0.39 is 11.2 Å². The van der Waals surface area contributed by atoms with Crippen LogP contribution in [-0.4, -0.2) is 11.0 Å². The van der Waals surface area contributed by atoms with Gasteiger partial charge in [-0.3, -0.25) is 4.79 Å². The maximum Gasteiger partial charge on any atom is 0.234 e. The molecule has 0 aliphatic carbocycles. The van der Waals surface area contributed by atoms with Crippen molar-refractivity contribution < 1.29 is 9.90 Å². The first-order valence-corrected chi connectivity index (χ1v) is 3.89. The molecule has 0 aliphatic rings. The van der Waals surface area contributed by atoms with Crippen molar-refractivity contribution in [2.75, 3.05) is 0 Å². The highest BCUT2D eigenvalue weighted by molar-refractivity contribution is 7.81. The molecule has 64 valence electrons. The predicted molar refractivity (Wildman–Crippen MR) is 49.0 cm³/mol. The van der Waals surface area contributed by atoms with Crippen LogP contribution in [-0.2, 0) is 4.79 Å². The van der Waals surface area contributed by atoms with Gasteiger partial charge in [-0.25, -0.2) is 0 Å². The van der Waals surface area contributed by atoms with Crippen LogP contribution in [0.3, 0.4) is 0 Å². The lowest BCUT2D eigenvalue weighted by Crippen LogP contribution is -2.16. The summed E-state index contributed by atoms with van der Waals surface area (Å²) in [5.74, 6) is -0.340. The van der Waals surface area contributed by atoms with Gasteiger partial charge in [0.2, 0.25) is 5.91 Å². The molecule has 1 amide bonds. The van der Waals surface area contributed by atoms with E-state index in [0.29, 0.717) is 5.56 Å². The maximum absolute atomic E-state index is 10.7. The smallest absolute Gasteiger partial charge is 0.234 e. The number of amides is 1. The zero-order valence-electron chi connectivity index (χ0n) is 6.27. The standard InChI is InChI=1S/C8H9NO2S/c9-8(11)7(12)5-1-3-6(10)4-2-5/h1-4,7,10,12H,(H2,9,11). The molecule has 0 spiro atoms. The van der Waals surface area contributed by atoms with E-state index in [1.54, 1.807) is 12.1 Å². The minimum Gasteiger partial charge on any atom is -0.508 e. The number of hydrogen-bond acceptors (Lipinski definition) is 3. The first-order chi connectivity index (χ1) is 5.61. The Hall–Kier alpha value is -1.16. The number of primary amides is 1. The summed E-state index contributed by atoms with van der Waals surface area (Å²) in [4.78, 5) is 10.7. The third-order valence-electron chi connectivity index (χ3n) is 1.48. The Bertz CT molecular complexity index is 284. The van der Waals surface area contributed by atoms with E-state index in [9.17, 15) is 4.79 Å². The Balaban J connectivity index is 2.89. The summed E-state index contributed by atoms with van der Waals surface area (Å²) in [5, 5.41) is 8.33. The first-order valence-electron chi connectivity index (χ1n) is 3.37. The topological polar surface area (TPSA) is 63.3 Å². The number of aromatic hydroxyl groups is 1. The Labute approximate surface area is 75.6 Å². The fourth-order valence-corrected chi connectivity index (χ4v) is 0.993. The van der Waals surface area contributed by atoms with E-state index in [2.05, 4.69) is 12.6 Å². The highest BCUT2D eigenvalue weighted by atomic mass is 32.1. The van der Waals surface area contributed by atoms with Crippen LogP contribution < -0.4 is 5.73 Å². The average Bonchev–Trinajstić information content (AvgIpc) is 2.04. The van der Waals surface area contributed by atoms with Gasteiger partial charge in [-0.15, -0.1) is 0 Å². The fraction of sp³-hybridized carbons (Fsp3) is 0.125. The number of phenols is 1. The number of carbonyl (C=O) groups excluding carboxylic acids is 1. The molecule has 0 aliphatic heterocycles. The van der Waals surface area contributed by atoms with E-state index >= 15 is 0 Å². The molecule has 3 nitrogen and oxygen atoms in total. The summed E-state index contributed by atoms with van der Waals surface area (Å²) in [7, 11) is 0. The highest BCUT2D eigenvalue weighted by Crippen LogP contribution is 2.21. The number of phenolic OH excluding ortho intramolecular Hbond substituents is 1. The van der Waals surface area contributed by atoms with Crippen molar-refractivity contribution in [3.8, 4) is 5.75 Å². The SMILES string of the molecule is NC(=O)C(S)c1ccc(O)cc1. The quantitative estimate of drug-likeness (QED) is 0.595. The van der Waals surface area contributed by atoms with Gasteiger partial charge in [-0.1, -0.05) is 12.1 Å². The summed E-state index contributed by atoms with van der Waals surface area (Å²) < 4.78 is 0. The molecule has 3 N–H and O–H groups in total. The lowest BCUT2D eigenvalue weighted by Gasteiger charge is -2.05. The van der Waals surface area contributed by atoms with E-state index in [0.717, 1.165) is 0 Å². The van der Waals surface area contributed by atoms with Crippen molar-refractivity contribution in [1.29, 1.82) is 0 Å². The van der Waals surface area contributed by atoms with Gasteiger partial charge >= 0.3 is 0 Å². The number of hydrogen-bond donors (Lipinski definition) is 3. The molecule has 1 aromatic carbocycles. The van der Waals surface area contributed by atoms with Crippen molar-refractivity contribution in [2.24, 2.45) is 5.73 Å². The molecule has 0 heterocycles. The molecule has 0 saturated heterocycles. The largest absolute Gasteiger partial charge is 0.508 e. The maximum atomic E-state index is 10.7. The van der Waals surface area contributed by atoms with Gasteiger partial charge in [0.1, 0.15) is 11.0 Å². The summed E-state index contributed by atoms with van der Waals surface area (Å²) >= 11 is 3.99. The van der Waals surface area contributed by atoms with Crippen LogP contribution in [0.5, 0.6) is 5.75 Å². The van der Waals surface area contributed by atoms with Gasteiger partial charge in [0, 0.05) is 0 Å². The molecule has 0 fully saturated rings. The van der Waals surface area contributed by atoms with Crippen molar-refractivity contribution in [2.45, 2.75) is 5.25 Å². The monoisotopic (exact) mass is 183 g/mol. The zero-order chi connectivity index (χ0) is 9.14. The first kappa shape index (κ1) is 8.93. The minimum atomic E-state index is -0.606. The molecule has 0 bridgehead atoms. The van der Waals surface area contributed by atoms with Crippen LogP contribution >= 0.6 is 12.6 Å². The molecule has 1 atom stereocenters. The molecule has 1 unspecified atom stereocenters. The van der Waals surface area contributed by atoms with Crippen LogP contribution in [0.25, 0.3) is 0 Å². The molecular weight excluding hydrogens is 174 g/mol. The summed E-state index contributed by atoms with van der Waals surface area (Å²) in [6.07, 6.45) is 0. The third-order valence-corrected chi connectivity index (χ3v) is 2.03. The predicted octanol–water partition coefficient (Wildman–Crippen LogP) is 0.848. The summed E-state index contributed by atoms with van der Waals surface area (Å²) in [6.45, 7) is 0. The third kappa shape index (κ3) is 1.92. The minimum absolute atomic E-state index is 0.156. The van der Waals surface area contributed by atoms with Crippen molar-refractivity contribution in [3.63, 3.8) is 0 Å². The molecule has 12 heavy (non-hydrogen) atoms. The highest BCUT2D eigenvalue weighted by Gasteiger charge is 2.11. The second-order valence-electron chi connectivity index (χ2n) is 2.40. The number of nitrogens with two attached hydrogens (primary N) is 1. The molecule has 0 saturated carbocycles. The van der Waals surface area contributed by atoms with E-state index in [4.69, 9.17) is 10.8 Å². The van der Waals surface area contributed by atoms with Gasteiger partial charge in [-0.05, 0) is 17.7 Å². The fourth-order valence-electron chi connectivity index (χ4n) is 0.821. The Kier molecular flexibility index (Phi) is 2.60. The molecule has 1 rings (SSSR count). The van der Waals surface area contributed by atoms with Crippen molar-refractivity contribution in [3.05, 3.63) is 29.8 Å². The molecule has 4 heteroatoms. The van der Waals surface area contributed by atoms with Crippen molar-refractivity contribution >= 4 is 18.5 Å². The molecule has 0 radical (unpaired) electrons. The van der Waals surface area contributed by atoms with Gasteiger partial charge < -0.3 is 10.8 Å². The molecular formula is C8H9NO2S. The Morgan fingerprint density at radius 2 is 1.92 bits per heavy atom. The second kappa shape index (κ2) is 3.49. The van der Waals surface area contributed by atoms with E-state index in [1.165, 1.54) is 12.1 Å². The summed E-state index contributed by atoms with van der Waals surface area (Å²) in [5.41, 5.74) is 5.71. The van der Waals surface area contributed by atoms with Gasteiger partial charge in [0.15, 0.2) is 0 Å². The van der Waals surface area contributed by atoms with Crippen molar-refractivity contribution in [1.82, 2.24) is 0 Å². The van der Waals surface area contributed by atoms with Crippen LogP contribution in [0.2, 0.25) is 0 Å². The number of rotatable bonds is 2. The van der Waals surface area contributed by atoms with Gasteiger partial charge in [0.25, 0.3) is 0 Å². The van der Waals surface area contributed by atoms with Crippen LogP contribution in [0.15, 0.2) is 24.3 Å². The van der Waals surface area contributed by atoms with E-state index in [-0.39, 0.29) is 5.75 Å². The average molecular weight is 183 g/mol. The number of carbonyl (C=O) groups is 1. The van der Waals surface area contributed by atoms with E-state index in [1.807, 2.05) is 0 Å². The molecule has 1 aromatic rings. The summed E-state index contributed by atoms with van der Waals surface area (Å²) in [6, 6.07) is 6.19. The zero-order valence-corrected chi connectivity index (χ0v) is 7.16. The normalized spacial score (nSPS) is 12.4. The number of thiol groups is 1. The Morgan fingerprint density at radius 3 is 2.33 bits per heavy atom. The van der Waals surface area contributed by atoms with Crippen LogP contribution in [0.1, 0.15) is 10.8 Å². The van der Waals surface area contributed by atoms with Gasteiger partial charge in [-0.2, -0.15) is 12.6 Å². The Morgan fingerprint density at radius 1 is 1.42 bits per heavy atom. The lowest BCUT2D eigenvalue weighted by atomic mass is 10.1. The lowest BCUT2D eigenvalue weighted by molar-refractivity contribution is -0.117. The van der Waals surface area contributed by atoms with Crippen LogP contribution in [0.4, 0.5) is 0 Å².